The molecule has 76 valence electrons. The van der Waals surface area contributed by atoms with Crippen LogP contribution in [0.2, 0.25) is 6.32 Å². The minimum absolute atomic E-state index is 0.0381. The number of nitrogens with zero attached hydrogens (tertiary/aromatic N) is 3. The van der Waals surface area contributed by atoms with Gasteiger partial charge in [-0.1, -0.05) is 0 Å². The van der Waals surface area contributed by atoms with E-state index in [0.29, 0.717) is 17.8 Å². The van der Waals surface area contributed by atoms with Crippen LogP contribution in [0, 0.1) is 0 Å². The maximum Gasteiger partial charge on any atom is 0.224 e. The topological polar surface area (TPSA) is 102 Å². The van der Waals surface area contributed by atoms with Crippen molar-refractivity contribution in [1.29, 1.82) is 0 Å². The first kappa shape index (κ1) is 9.76. The Hall–Kier alpha value is -1.79. The molecule has 0 saturated heterocycles. The quantitative estimate of drug-likeness (QED) is 0.561. The summed E-state index contributed by atoms with van der Waals surface area (Å²) in [6.07, 6.45) is 0.372. The molecule has 2 radical (unpaired) electrons. The molecule has 0 aliphatic carbocycles. The Morgan fingerprint density at radius 3 is 2.80 bits per heavy atom. The molecule has 6 nitrogen and oxygen atoms in total. The van der Waals surface area contributed by atoms with E-state index in [1.165, 1.54) is 0 Å². The summed E-state index contributed by atoms with van der Waals surface area (Å²) in [6, 6.07) is 0.0381. The van der Waals surface area contributed by atoms with Gasteiger partial charge in [0.2, 0.25) is 5.95 Å². The van der Waals surface area contributed by atoms with E-state index in [1.54, 1.807) is 0 Å². The maximum absolute atomic E-state index is 5.69. The first-order valence-electron chi connectivity index (χ1n) is 4.59. The third-order valence-corrected chi connectivity index (χ3v) is 2.25. The molecule has 5 N–H and O–H groups in total. The minimum atomic E-state index is 0.0381. The lowest BCUT2D eigenvalue weighted by Gasteiger charge is -2.23. The van der Waals surface area contributed by atoms with Gasteiger partial charge in [-0.2, -0.15) is 9.97 Å². The molecule has 0 aromatic carbocycles. The summed E-state index contributed by atoms with van der Waals surface area (Å²) < 4.78 is 0. The summed E-state index contributed by atoms with van der Waals surface area (Å²) >= 11 is 0. The van der Waals surface area contributed by atoms with Crippen LogP contribution in [-0.4, -0.2) is 29.6 Å². The molecule has 0 saturated carbocycles. The molecule has 2 heterocycles. The van der Waals surface area contributed by atoms with Crippen molar-refractivity contribution in [2.45, 2.75) is 19.3 Å². The average molecular weight is 202 g/mol. The van der Waals surface area contributed by atoms with E-state index in [1.807, 2.05) is 6.92 Å². The number of rotatable bonds is 1. The Morgan fingerprint density at radius 1 is 1.40 bits per heavy atom. The minimum Gasteiger partial charge on any atom is -0.382 e. The summed E-state index contributed by atoms with van der Waals surface area (Å²) in [4.78, 5) is 12.2. The number of hydrogen-bond acceptors (Lipinski definition) is 6. The number of nitrogens with one attached hydrogen (secondary N) is 1. The molecule has 0 amide bonds. The van der Waals surface area contributed by atoms with Gasteiger partial charge in [-0.05, 0) is 13.2 Å². The third-order valence-electron chi connectivity index (χ3n) is 2.25. The molecule has 1 aliphatic rings. The Kier molecular flexibility index (Phi) is 2.22. The van der Waals surface area contributed by atoms with Crippen LogP contribution >= 0.6 is 0 Å². The highest BCUT2D eigenvalue weighted by Gasteiger charge is 2.20. The zero-order chi connectivity index (χ0) is 11.0. The second kappa shape index (κ2) is 3.41. The molecular weight excluding hydrogens is 191 g/mol. The number of nitrogens with two attached hydrogens (primary N) is 2. The van der Waals surface area contributed by atoms with Gasteiger partial charge in [-0.3, -0.25) is 0 Å². The van der Waals surface area contributed by atoms with Crippen molar-refractivity contribution in [3.8, 4) is 0 Å². The van der Waals surface area contributed by atoms with Crippen LogP contribution in [0.4, 0.5) is 23.3 Å². The largest absolute Gasteiger partial charge is 0.382 e. The van der Waals surface area contributed by atoms with E-state index in [0.717, 1.165) is 5.71 Å². The van der Waals surface area contributed by atoms with Crippen molar-refractivity contribution in [2.24, 2.45) is 4.99 Å². The van der Waals surface area contributed by atoms with Gasteiger partial charge < -0.3 is 16.8 Å². The van der Waals surface area contributed by atoms with E-state index < -0.39 is 0 Å². The summed E-state index contributed by atoms with van der Waals surface area (Å²) in [7, 11) is 5.55. The standard InChI is InChI=1S/C8H11BN6/c1-3-4(2-9)13-5-6(10)14-8(11)15-7(5)12-3/h3H,2H2,1H3,(H5,10,11,12,14,15). The van der Waals surface area contributed by atoms with Crippen molar-refractivity contribution in [1.82, 2.24) is 9.97 Å². The van der Waals surface area contributed by atoms with Gasteiger partial charge in [0.25, 0.3) is 0 Å². The van der Waals surface area contributed by atoms with Crippen LogP contribution < -0.4 is 16.8 Å². The molecule has 1 unspecified atom stereocenters. The third kappa shape index (κ3) is 1.60. The summed E-state index contributed by atoms with van der Waals surface area (Å²) in [5.41, 5.74) is 12.5. The van der Waals surface area contributed by atoms with Crippen molar-refractivity contribution < 1.29 is 0 Å². The second-order valence-corrected chi connectivity index (χ2v) is 3.34. The molecule has 1 aliphatic heterocycles. The van der Waals surface area contributed by atoms with Gasteiger partial charge >= 0.3 is 0 Å². The van der Waals surface area contributed by atoms with Crippen molar-refractivity contribution in [2.75, 3.05) is 16.8 Å². The van der Waals surface area contributed by atoms with Gasteiger partial charge in [-0.25, -0.2) is 4.99 Å². The SMILES string of the molecule is [B]CC1=Nc2c(N)nc(N)nc2NC1C. The Morgan fingerprint density at radius 2 is 2.13 bits per heavy atom. The maximum atomic E-state index is 5.69. The zero-order valence-corrected chi connectivity index (χ0v) is 8.36. The Balaban J connectivity index is 2.55. The monoisotopic (exact) mass is 202 g/mol. The fourth-order valence-electron chi connectivity index (χ4n) is 1.45. The highest BCUT2D eigenvalue weighted by Crippen LogP contribution is 2.33. The summed E-state index contributed by atoms with van der Waals surface area (Å²) in [5.74, 6) is 0.963. The lowest BCUT2D eigenvalue weighted by molar-refractivity contribution is 0.988. The van der Waals surface area contributed by atoms with Crippen LogP contribution in [0.15, 0.2) is 4.99 Å². The molecular formula is C8H11BN6. The van der Waals surface area contributed by atoms with Crippen molar-refractivity contribution in [3.05, 3.63) is 0 Å². The number of fused-ring (bicyclic) bond motifs is 1. The molecule has 0 spiro atoms. The fourth-order valence-corrected chi connectivity index (χ4v) is 1.45. The van der Waals surface area contributed by atoms with Gasteiger partial charge in [0.15, 0.2) is 11.6 Å². The molecule has 15 heavy (non-hydrogen) atoms. The number of hydrogen-bond donors (Lipinski definition) is 3. The number of anilines is 3. The van der Waals surface area contributed by atoms with Crippen LogP contribution in [0.5, 0.6) is 0 Å². The molecule has 2 rings (SSSR count). The van der Waals surface area contributed by atoms with E-state index in [4.69, 9.17) is 19.3 Å². The Labute approximate surface area is 88.6 Å². The number of nitrogen functional groups attached to an aromatic ring is 2. The highest BCUT2D eigenvalue weighted by molar-refractivity contribution is 6.24. The molecule has 1 atom stereocenters. The molecule has 1 aromatic heterocycles. The summed E-state index contributed by atoms with van der Waals surface area (Å²) in [6.45, 7) is 1.95. The van der Waals surface area contributed by atoms with Crippen molar-refractivity contribution in [3.63, 3.8) is 0 Å². The van der Waals surface area contributed by atoms with E-state index >= 15 is 0 Å². The second-order valence-electron chi connectivity index (χ2n) is 3.34. The van der Waals surface area contributed by atoms with E-state index in [2.05, 4.69) is 20.3 Å². The van der Waals surface area contributed by atoms with Crippen LogP contribution in [0.3, 0.4) is 0 Å². The smallest absolute Gasteiger partial charge is 0.224 e. The van der Waals surface area contributed by atoms with Crippen LogP contribution in [-0.2, 0) is 0 Å². The van der Waals surface area contributed by atoms with Gasteiger partial charge in [0, 0.05) is 5.71 Å². The lowest BCUT2D eigenvalue weighted by Crippen LogP contribution is -2.29. The average Bonchev–Trinajstić information content (AvgIpc) is 2.16. The first-order chi connectivity index (χ1) is 7.11. The summed E-state index contributed by atoms with van der Waals surface area (Å²) in [5, 5.41) is 3.12. The lowest BCUT2D eigenvalue weighted by atomic mass is 9.95. The Bertz CT molecular complexity index is 429. The van der Waals surface area contributed by atoms with E-state index in [-0.39, 0.29) is 17.8 Å². The molecule has 0 bridgehead atoms. The molecule has 1 aromatic rings. The number of aliphatic imine (C=N–C) groups is 1. The van der Waals surface area contributed by atoms with Crippen LogP contribution in [0.1, 0.15) is 6.92 Å². The predicted molar refractivity (Wildman–Crippen MR) is 61.6 cm³/mol. The van der Waals surface area contributed by atoms with Gasteiger partial charge in [-0.15, -0.1) is 0 Å². The number of aromatic nitrogens is 2. The van der Waals surface area contributed by atoms with Crippen molar-refractivity contribution >= 4 is 36.8 Å². The highest BCUT2D eigenvalue weighted by atomic mass is 15.2. The predicted octanol–water partition coefficient (Wildman–Crippen LogP) is 0.114. The normalized spacial score (nSPS) is 19.0. The van der Waals surface area contributed by atoms with Gasteiger partial charge in [0.1, 0.15) is 5.69 Å². The molecule has 0 fully saturated rings. The first-order valence-corrected chi connectivity index (χ1v) is 4.59. The molecule has 7 heteroatoms. The van der Waals surface area contributed by atoms with Gasteiger partial charge in [0.05, 0.1) is 13.9 Å². The zero-order valence-electron chi connectivity index (χ0n) is 8.36. The van der Waals surface area contributed by atoms with Crippen LogP contribution in [0.25, 0.3) is 0 Å². The van der Waals surface area contributed by atoms with E-state index in [9.17, 15) is 0 Å². The fraction of sp³-hybridized carbons (Fsp3) is 0.375.